The lowest BCUT2D eigenvalue weighted by atomic mass is 10.2. The monoisotopic (exact) mass is 280 g/mol. The van der Waals surface area contributed by atoms with Crippen LogP contribution in [-0.2, 0) is 0 Å². The number of nitrogens with zero attached hydrogens (tertiary/aromatic N) is 3. The van der Waals surface area contributed by atoms with Crippen molar-refractivity contribution in [2.45, 2.75) is 6.92 Å². The number of aryl methyl sites for hydroxylation is 1. The minimum atomic E-state index is -0.656. The second-order valence-electron chi connectivity index (χ2n) is 4.46. The van der Waals surface area contributed by atoms with Gasteiger partial charge in [-0.3, -0.25) is 14.8 Å². The van der Waals surface area contributed by atoms with E-state index in [1.165, 1.54) is 0 Å². The van der Waals surface area contributed by atoms with Gasteiger partial charge in [-0.15, -0.1) is 0 Å². The van der Waals surface area contributed by atoms with E-state index >= 15 is 0 Å². The fourth-order valence-electron chi connectivity index (χ4n) is 1.96. The highest BCUT2D eigenvalue weighted by atomic mass is 16.4. The Kier molecular flexibility index (Phi) is 3.19. The van der Waals surface area contributed by atoms with Crippen molar-refractivity contribution in [3.05, 3.63) is 54.1 Å². The average Bonchev–Trinajstić information content (AvgIpc) is 2.93. The molecule has 3 aromatic rings. The molecule has 0 fully saturated rings. The molecular weight excluding hydrogens is 268 g/mol. The highest BCUT2D eigenvalue weighted by Gasteiger charge is 2.21. The molecule has 0 bridgehead atoms. The summed E-state index contributed by atoms with van der Waals surface area (Å²) in [4.78, 5) is 24.0. The van der Waals surface area contributed by atoms with E-state index in [-0.39, 0.29) is 11.5 Å². The van der Waals surface area contributed by atoms with Gasteiger partial charge < -0.3 is 10.2 Å². The highest BCUT2D eigenvalue weighted by molar-refractivity contribution is 5.96. The summed E-state index contributed by atoms with van der Waals surface area (Å²) in [5.41, 5.74) is 7.50. The smallest absolute Gasteiger partial charge is 0.271 e. The summed E-state index contributed by atoms with van der Waals surface area (Å²) in [6.45, 7) is 1.86. The molecule has 0 aliphatic rings. The lowest BCUT2D eigenvalue weighted by molar-refractivity contribution is 0.0996. The van der Waals surface area contributed by atoms with E-state index in [1.54, 1.807) is 36.7 Å². The van der Waals surface area contributed by atoms with Crippen LogP contribution in [0.3, 0.4) is 0 Å². The van der Waals surface area contributed by atoms with Gasteiger partial charge in [0.1, 0.15) is 5.69 Å². The first kappa shape index (κ1) is 13.0. The maximum absolute atomic E-state index is 11.6. The highest BCUT2D eigenvalue weighted by Crippen LogP contribution is 2.28. The van der Waals surface area contributed by atoms with Gasteiger partial charge in [-0.05, 0) is 31.2 Å². The first-order valence-corrected chi connectivity index (χ1v) is 6.30. The molecule has 3 heterocycles. The fourth-order valence-corrected chi connectivity index (χ4v) is 1.96. The molecule has 1 amide bonds. The Morgan fingerprint density at radius 1 is 1.19 bits per heavy atom. The summed E-state index contributed by atoms with van der Waals surface area (Å²) < 4.78 is 5.70. The van der Waals surface area contributed by atoms with Gasteiger partial charge in [-0.2, -0.15) is 0 Å². The van der Waals surface area contributed by atoms with Gasteiger partial charge in [0.05, 0.1) is 0 Å². The van der Waals surface area contributed by atoms with Crippen molar-refractivity contribution in [3.63, 3.8) is 0 Å². The van der Waals surface area contributed by atoms with Crippen LogP contribution in [0, 0.1) is 6.92 Å². The summed E-state index contributed by atoms with van der Waals surface area (Å²) in [5, 5.41) is 0. The molecule has 3 rings (SSSR count). The molecule has 6 nitrogen and oxygen atoms in total. The van der Waals surface area contributed by atoms with Gasteiger partial charge in [0, 0.05) is 23.7 Å². The molecule has 0 aliphatic heterocycles. The zero-order chi connectivity index (χ0) is 14.8. The van der Waals surface area contributed by atoms with Crippen LogP contribution in [0.5, 0.6) is 0 Å². The zero-order valence-corrected chi connectivity index (χ0v) is 11.3. The number of carbonyl (C=O) groups is 1. The first-order chi connectivity index (χ1) is 10.1. The summed E-state index contributed by atoms with van der Waals surface area (Å²) in [7, 11) is 0. The Morgan fingerprint density at radius 2 is 2.05 bits per heavy atom. The number of rotatable bonds is 3. The van der Waals surface area contributed by atoms with E-state index in [0.29, 0.717) is 11.6 Å². The molecule has 21 heavy (non-hydrogen) atoms. The topological polar surface area (TPSA) is 94.9 Å². The Balaban J connectivity index is 2.15. The molecule has 0 unspecified atom stereocenters. The predicted molar refractivity (Wildman–Crippen MR) is 76.2 cm³/mol. The average molecular weight is 280 g/mol. The van der Waals surface area contributed by atoms with Crippen LogP contribution in [0.2, 0.25) is 0 Å². The van der Waals surface area contributed by atoms with Crippen LogP contribution < -0.4 is 5.73 Å². The van der Waals surface area contributed by atoms with Crippen molar-refractivity contribution >= 4 is 5.91 Å². The molecule has 0 saturated carbocycles. The Morgan fingerprint density at radius 3 is 2.71 bits per heavy atom. The molecule has 2 N–H and O–H groups in total. The Hall–Kier alpha value is -3.02. The van der Waals surface area contributed by atoms with Gasteiger partial charge in [0.15, 0.2) is 11.5 Å². The van der Waals surface area contributed by atoms with Crippen LogP contribution in [0.15, 0.2) is 47.1 Å². The third-order valence-electron chi connectivity index (χ3n) is 2.90. The van der Waals surface area contributed by atoms with E-state index in [0.717, 1.165) is 11.3 Å². The van der Waals surface area contributed by atoms with Crippen LogP contribution >= 0.6 is 0 Å². The van der Waals surface area contributed by atoms with Crippen LogP contribution in [-0.4, -0.2) is 20.9 Å². The lowest BCUT2D eigenvalue weighted by Crippen LogP contribution is -2.12. The Labute approximate surface area is 120 Å². The number of hydrogen-bond donors (Lipinski definition) is 1. The standard InChI is InChI=1S/C15H12N4O2/c1-9-8-10(5-7-17-9)15-19-12(14(16)20)13(21-15)11-4-2-3-6-18-11/h2-8H,1H3,(H2,16,20). The number of carbonyl (C=O) groups excluding carboxylic acids is 1. The van der Waals surface area contributed by atoms with Crippen molar-refractivity contribution in [1.82, 2.24) is 15.0 Å². The minimum Gasteiger partial charge on any atom is -0.434 e. The number of pyridine rings is 2. The first-order valence-electron chi connectivity index (χ1n) is 6.30. The second kappa shape index (κ2) is 5.16. The van der Waals surface area contributed by atoms with Crippen LogP contribution in [0.4, 0.5) is 0 Å². The molecule has 0 aliphatic carbocycles. The lowest BCUT2D eigenvalue weighted by Gasteiger charge is -1.97. The SMILES string of the molecule is Cc1cc(-c2nc(C(N)=O)c(-c3ccccn3)o2)ccn1. The largest absolute Gasteiger partial charge is 0.434 e. The molecule has 3 aromatic heterocycles. The minimum absolute atomic E-state index is 0.0677. The molecule has 0 spiro atoms. The number of primary amides is 1. The van der Waals surface area contributed by atoms with Gasteiger partial charge in [-0.1, -0.05) is 6.07 Å². The maximum Gasteiger partial charge on any atom is 0.271 e. The molecule has 0 radical (unpaired) electrons. The molecule has 104 valence electrons. The van der Waals surface area contributed by atoms with Gasteiger partial charge in [-0.25, -0.2) is 4.98 Å². The number of nitrogens with two attached hydrogens (primary N) is 1. The van der Waals surface area contributed by atoms with Crippen molar-refractivity contribution in [1.29, 1.82) is 0 Å². The zero-order valence-electron chi connectivity index (χ0n) is 11.3. The molecule has 6 heteroatoms. The quantitative estimate of drug-likeness (QED) is 0.793. The molecule has 0 saturated heterocycles. The fraction of sp³-hybridized carbons (Fsp3) is 0.0667. The van der Waals surface area contributed by atoms with Crippen molar-refractivity contribution in [3.8, 4) is 22.9 Å². The number of hydrogen-bond acceptors (Lipinski definition) is 5. The summed E-state index contributed by atoms with van der Waals surface area (Å²) in [5.74, 6) is -0.0704. The van der Waals surface area contributed by atoms with Crippen molar-refractivity contribution in [2.24, 2.45) is 5.73 Å². The number of aromatic nitrogens is 3. The van der Waals surface area contributed by atoms with Crippen LogP contribution in [0.25, 0.3) is 22.9 Å². The van der Waals surface area contributed by atoms with E-state index in [9.17, 15) is 4.79 Å². The third kappa shape index (κ3) is 2.51. The summed E-state index contributed by atoms with van der Waals surface area (Å²) in [6.07, 6.45) is 3.26. The molecule has 0 aromatic carbocycles. The molecule has 0 atom stereocenters. The number of oxazole rings is 1. The Bertz CT molecular complexity index is 796. The van der Waals surface area contributed by atoms with Crippen molar-refractivity contribution < 1.29 is 9.21 Å². The predicted octanol–water partition coefficient (Wildman–Crippen LogP) is 2.21. The number of amides is 1. The summed E-state index contributed by atoms with van der Waals surface area (Å²) in [6, 6.07) is 8.88. The van der Waals surface area contributed by atoms with E-state index < -0.39 is 5.91 Å². The van der Waals surface area contributed by atoms with E-state index in [1.807, 2.05) is 13.0 Å². The van der Waals surface area contributed by atoms with Crippen LogP contribution in [0.1, 0.15) is 16.2 Å². The van der Waals surface area contributed by atoms with Gasteiger partial charge in [0.25, 0.3) is 5.91 Å². The van der Waals surface area contributed by atoms with E-state index in [4.69, 9.17) is 10.2 Å². The normalized spacial score (nSPS) is 10.5. The summed E-state index contributed by atoms with van der Waals surface area (Å²) >= 11 is 0. The van der Waals surface area contributed by atoms with Gasteiger partial charge in [0.2, 0.25) is 5.89 Å². The van der Waals surface area contributed by atoms with Gasteiger partial charge >= 0.3 is 0 Å². The third-order valence-corrected chi connectivity index (χ3v) is 2.90. The molecular formula is C15H12N4O2. The maximum atomic E-state index is 11.6. The second-order valence-corrected chi connectivity index (χ2v) is 4.46. The van der Waals surface area contributed by atoms with Crippen molar-refractivity contribution in [2.75, 3.05) is 0 Å². The van der Waals surface area contributed by atoms with E-state index in [2.05, 4.69) is 15.0 Å².